The Morgan fingerprint density at radius 2 is 2.00 bits per heavy atom. The van der Waals surface area contributed by atoms with Crippen molar-refractivity contribution in [1.29, 1.82) is 0 Å². The molecule has 1 aliphatic carbocycles. The minimum absolute atomic E-state index is 0.198. The molecule has 1 aromatic carbocycles. The predicted octanol–water partition coefficient (Wildman–Crippen LogP) is 2.37. The van der Waals surface area contributed by atoms with Gasteiger partial charge in [0, 0.05) is 12.1 Å². The number of carboxylic acids is 1. The van der Waals surface area contributed by atoms with E-state index in [0.29, 0.717) is 18.4 Å². The summed E-state index contributed by atoms with van der Waals surface area (Å²) in [6.45, 7) is 2.14. The molecule has 0 radical (unpaired) electrons. The lowest BCUT2D eigenvalue weighted by molar-refractivity contribution is -0.148. The molecular formula is C15H19NO3. The number of aryl methyl sites for hydroxylation is 1. The Labute approximate surface area is 112 Å². The van der Waals surface area contributed by atoms with Crippen molar-refractivity contribution >= 4 is 11.9 Å². The first-order chi connectivity index (χ1) is 9.03. The fourth-order valence-corrected chi connectivity index (χ4v) is 2.66. The van der Waals surface area contributed by atoms with Crippen LogP contribution >= 0.6 is 0 Å². The normalized spacial score (nSPS) is 17.1. The minimum atomic E-state index is -0.797. The van der Waals surface area contributed by atoms with Gasteiger partial charge in [-0.2, -0.15) is 0 Å². The molecule has 0 saturated heterocycles. The van der Waals surface area contributed by atoms with Crippen molar-refractivity contribution in [2.45, 2.75) is 32.6 Å². The second-order valence-electron chi connectivity index (χ2n) is 5.34. The number of carboxylic acid groups (broad SMARTS) is 1. The summed E-state index contributed by atoms with van der Waals surface area (Å²) in [7, 11) is 0. The lowest BCUT2D eigenvalue weighted by Gasteiger charge is -2.24. The first-order valence-electron chi connectivity index (χ1n) is 6.62. The van der Waals surface area contributed by atoms with Gasteiger partial charge in [0.25, 0.3) is 5.91 Å². The molecule has 0 aromatic heterocycles. The summed E-state index contributed by atoms with van der Waals surface area (Å²) >= 11 is 0. The van der Waals surface area contributed by atoms with Gasteiger partial charge in [-0.3, -0.25) is 9.59 Å². The van der Waals surface area contributed by atoms with E-state index in [0.717, 1.165) is 18.4 Å². The van der Waals surface area contributed by atoms with Crippen LogP contribution in [0.1, 0.15) is 41.6 Å². The molecule has 2 rings (SSSR count). The molecule has 0 aliphatic heterocycles. The molecule has 1 amide bonds. The predicted molar refractivity (Wildman–Crippen MR) is 72.0 cm³/mol. The summed E-state index contributed by atoms with van der Waals surface area (Å²) < 4.78 is 0. The zero-order valence-corrected chi connectivity index (χ0v) is 11.1. The van der Waals surface area contributed by atoms with E-state index in [1.807, 2.05) is 19.1 Å². The highest BCUT2D eigenvalue weighted by Crippen LogP contribution is 2.37. The van der Waals surface area contributed by atoms with Gasteiger partial charge in [-0.1, -0.05) is 30.5 Å². The molecule has 4 heteroatoms. The Kier molecular flexibility index (Phi) is 3.88. The highest BCUT2D eigenvalue weighted by Gasteiger charge is 2.41. The molecule has 1 aliphatic rings. The zero-order valence-electron chi connectivity index (χ0n) is 11.1. The number of amides is 1. The van der Waals surface area contributed by atoms with Gasteiger partial charge in [-0.25, -0.2) is 0 Å². The molecule has 19 heavy (non-hydrogen) atoms. The van der Waals surface area contributed by atoms with Gasteiger partial charge in [0.05, 0.1) is 5.41 Å². The van der Waals surface area contributed by atoms with Crippen LogP contribution in [0.25, 0.3) is 0 Å². The summed E-state index contributed by atoms with van der Waals surface area (Å²) in [4.78, 5) is 23.4. The van der Waals surface area contributed by atoms with E-state index in [2.05, 4.69) is 5.32 Å². The maximum Gasteiger partial charge on any atom is 0.311 e. The van der Waals surface area contributed by atoms with Crippen LogP contribution in [-0.4, -0.2) is 23.5 Å². The van der Waals surface area contributed by atoms with E-state index in [4.69, 9.17) is 0 Å². The van der Waals surface area contributed by atoms with E-state index < -0.39 is 11.4 Å². The Bertz CT molecular complexity index is 490. The molecule has 0 unspecified atom stereocenters. The van der Waals surface area contributed by atoms with Crippen LogP contribution in [0.4, 0.5) is 0 Å². The second-order valence-corrected chi connectivity index (χ2v) is 5.34. The topological polar surface area (TPSA) is 66.4 Å². The number of nitrogens with one attached hydrogen (secondary N) is 1. The average Bonchev–Trinajstić information content (AvgIpc) is 2.86. The van der Waals surface area contributed by atoms with Crippen molar-refractivity contribution < 1.29 is 14.7 Å². The van der Waals surface area contributed by atoms with Crippen molar-refractivity contribution in [3.8, 4) is 0 Å². The lowest BCUT2D eigenvalue weighted by Crippen LogP contribution is -2.41. The van der Waals surface area contributed by atoms with Gasteiger partial charge in [-0.05, 0) is 31.9 Å². The lowest BCUT2D eigenvalue weighted by atomic mass is 9.86. The molecule has 102 valence electrons. The van der Waals surface area contributed by atoms with Crippen molar-refractivity contribution in [3.63, 3.8) is 0 Å². The number of aliphatic carboxylic acids is 1. The van der Waals surface area contributed by atoms with Crippen LogP contribution < -0.4 is 5.32 Å². The Morgan fingerprint density at radius 3 is 2.58 bits per heavy atom. The fourth-order valence-electron chi connectivity index (χ4n) is 2.66. The molecule has 0 spiro atoms. The maximum atomic E-state index is 12.0. The van der Waals surface area contributed by atoms with Crippen LogP contribution in [0.5, 0.6) is 0 Å². The molecular weight excluding hydrogens is 242 g/mol. The van der Waals surface area contributed by atoms with Crippen molar-refractivity contribution in [2.24, 2.45) is 5.41 Å². The zero-order chi connectivity index (χ0) is 13.9. The highest BCUT2D eigenvalue weighted by atomic mass is 16.4. The monoisotopic (exact) mass is 261 g/mol. The van der Waals surface area contributed by atoms with E-state index in [1.165, 1.54) is 0 Å². The van der Waals surface area contributed by atoms with E-state index in [-0.39, 0.29) is 12.5 Å². The molecule has 1 aromatic rings. The fraction of sp³-hybridized carbons (Fsp3) is 0.467. The van der Waals surface area contributed by atoms with Crippen LogP contribution in [0, 0.1) is 12.3 Å². The smallest absolute Gasteiger partial charge is 0.311 e. The van der Waals surface area contributed by atoms with E-state index in [1.54, 1.807) is 12.1 Å². The number of carbonyl (C=O) groups excluding carboxylic acids is 1. The van der Waals surface area contributed by atoms with Crippen molar-refractivity contribution in [1.82, 2.24) is 5.32 Å². The SMILES string of the molecule is Cc1cccc(C(=O)NCC2(C(=O)O)CCCC2)c1. The molecule has 2 N–H and O–H groups in total. The molecule has 0 bridgehead atoms. The number of hydrogen-bond donors (Lipinski definition) is 2. The summed E-state index contributed by atoms with van der Waals surface area (Å²) in [5, 5.41) is 12.1. The number of carbonyl (C=O) groups is 2. The quantitative estimate of drug-likeness (QED) is 0.874. The van der Waals surface area contributed by atoms with Crippen LogP contribution in [0.15, 0.2) is 24.3 Å². The van der Waals surface area contributed by atoms with Gasteiger partial charge in [0.2, 0.25) is 0 Å². The molecule has 1 fully saturated rings. The maximum absolute atomic E-state index is 12.0. The number of rotatable bonds is 4. The first kappa shape index (κ1) is 13.6. The summed E-state index contributed by atoms with van der Waals surface area (Å²) in [6, 6.07) is 7.29. The minimum Gasteiger partial charge on any atom is -0.481 e. The van der Waals surface area contributed by atoms with Gasteiger partial charge in [-0.15, -0.1) is 0 Å². The average molecular weight is 261 g/mol. The first-order valence-corrected chi connectivity index (χ1v) is 6.62. The Morgan fingerprint density at radius 1 is 1.32 bits per heavy atom. The van der Waals surface area contributed by atoms with Crippen LogP contribution in [0.3, 0.4) is 0 Å². The standard InChI is InChI=1S/C15H19NO3/c1-11-5-4-6-12(9-11)13(17)16-10-15(14(18)19)7-2-3-8-15/h4-6,9H,2-3,7-8,10H2,1H3,(H,16,17)(H,18,19). The second kappa shape index (κ2) is 5.43. The third-order valence-corrected chi connectivity index (χ3v) is 3.88. The van der Waals surface area contributed by atoms with E-state index in [9.17, 15) is 14.7 Å². The van der Waals surface area contributed by atoms with E-state index >= 15 is 0 Å². The van der Waals surface area contributed by atoms with Crippen molar-refractivity contribution in [2.75, 3.05) is 6.54 Å². The molecule has 1 saturated carbocycles. The highest BCUT2D eigenvalue weighted by molar-refractivity contribution is 5.94. The molecule has 0 atom stereocenters. The summed E-state index contributed by atoms with van der Waals surface area (Å²) in [5.74, 6) is -0.995. The third kappa shape index (κ3) is 2.95. The van der Waals surface area contributed by atoms with Gasteiger partial charge < -0.3 is 10.4 Å². The molecule has 4 nitrogen and oxygen atoms in total. The van der Waals surface area contributed by atoms with Gasteiger partial charge >= 0.3 is 5.97 Å². The largest absolute Gasteiger partial charge is 0.481 e. The number of hydrogen-bond acceptors (Lipinski definition) is 2. The van der Waals surface area contributed by atoms with Crippen molar-refractivity contribution in [3.05, 3.63) is 35.4 Å². The Balaban J connectivity index is 2.02. The van der Waals surface area contributed by atoms with Crippen LogP contribution in [-0.2, 0) is 4.79 Å². The van der Waals surface area contributed by atoms with Gasteiger partial charge in [0.1, 0.15) is 0 Å². The summed E-state index contributed by atoms with van der Waals surface area (Å²) in [6.07, 6.45) is 3.14. The Hall–Kier alpha value is -1.84. The van der Waals surface area contributed by atoms with Crippen LogP contribution in [0.2, 0.25) is 0 Å². The third-order valence-electron chi connectivity index (χ3n) is 3.88. The summed E-state index contributed by atoms with van der Waals surface area (Å²) in [5.41, 5.74) is 0.833. The molecule has 0 heterocycles. The van der Waals surface area contributed by atoms with Gasteiger partial charge in [0.15, 0.2) is 0 Å². The number of benzene rings is 1.